The molecule has 1 aliphatic heterocycles. The van der Waals surface area contributed by atoms with E-state index in [1.807, 2.05) is 26.0 Å². The normalized spacial score (nSPS) is 27.2. The predicted octanol–water partition coefficient (Wildman–Crippen LogP) is 1.49. The highest BCUT2D eigenvalue weighted by atomic mass is 32.2. The molecule has 3 N–H and O–H groups in total. The SMILES string of the molecule is Cc1cc(OCC2(O)CC[SH+](=O)CC2)cc(C)c1N. The lowest BCUT2D eigenvalue weighted by Crippen LogP contribution is -2.42. The van der Waals surface area contributed by atoms with E-state index in [9.17, 15) is 9.32 Å². The number of thiol groups is 1. The van der Waals surface area contributed by atoms with Crippen LogP contribution in [0.15, 0.2) is 12.1 Å². The van der Waals surface area contributed by atoms with Crippen molar-refractivity contribution in [3.63, 3.8) is 0 Å². The van der Waals surface area contributed by atoms with Gasteiger partial charge in [0.25, 0.3) is 0 Å². The smallest absolute Gasteiger partial charge is 0.120 e. The molecule has 1 heterocycles. The Morgan fingerprint density at radius 3 is 2.37 bits per heavy atom. The molecule has 1 aromatic carbocycles. The minimum atomic E-state index is -1.11. The fourth-order valence-electron chi connectivity index (χ4n) is 2.28. The Hall–Kier alpha value is -1.07. The second-order valence-electron chi connectivity index (χ2n) is 5.41. The molecular formula is C14H22NO3S+. The van der Waals surface area contributed by atoms with Crippen molar-refractivity contribution in [1.29, 1.82) is 0 Å². The van der Waals surface area contributed by atoms with Crippen molar-refractivity contribution < 1.29 is 14.1 Å². The Bertz CT molecular complexity index is 468. The standard InChI is InChI=1S/C14H21NO3S/c1-10-7-12(8-11(2)13(10)15)18-9-14(16)3-5-19(17)6-4-14/h7-8,16H,3-6,9,15H2,1-2H3/p+1. The van der Waals surface area contributed by atoms with Gasteiger partial charge < -0.3 is 15.6 Å². The monoisotopic (exact) mass is 284 g/mol. The number of nitrogens with two attached hydrogens (primary N) is 1. The highest BCUT2D eigenvalue weighted by molar-refractivity contribution is 7.84. The van der Waals surface area contributed by atoms with Crippen LogP contribution in [-0.4, -0.2) is 28.8 Å². The summed E-state index contributed by atoms with van der Waals surface area (Å²) in [6.45, 7) is 4.13. The molecule has 0 unspecified atom stereocenters. The fourth-order valence-corrected chi connectivity index (χ4v) is 3.84. The summed E-state index contributed by atoms with van der Waals surface area (Å²) in [4.78, 5) is 0. The maximum absolute atomic E-state index is 11.3. The Morgan fingerprint density at radius 2 is 1.84 bits per heavy atom. The highest BCUT2D eigenvalue weighted by Crippen LogP contribution is 2.27. The Labute approximate surface area is 116 Å². The molecule has 106 valence electrons. The molecule has 1 aliphatic rings. The minimum Gasteiger partial charge on any atom is -0.491 e. The van der Waals surface area contributed by atoms with Crippen LogP contribution in [0.4, 0.5) is 5.69 Å². The second kappa shape index (κ2) is 5.51. The van der Waals surface area contributed by atoms with Crippen molar-refractivity contribution in [2.45, 2.75) is 32.3 Å². The molecule has 2 rings (SSSR count). The lowest BCUT2D eigenvalue weighted by Gasteiger charge is -2.29. The molecule has 0 amide bonds. The second-order valence-corrected chi connectivity index (χ2v) is 7.27. The number of ether oxygens (including phenoxy) is 1. The van der Waals surface area contributed by atoms with Gasteiger partial charge in [0.05, 0.1) is 10.8 Å². The van der Waals surface area contributed by atoms with Gasteiger partial charge in [0.2, 0.25) is 0 Å². The van der Waals surface area contributed by atoms with Crippen LogP contribution in [0.1, 0.15) is 24.0 Å². The summed E-state index contributed by atoms with van der Waals surface area (Å²) in [6.07, 6.45) is 1.10. The van der Waals surface area contributed by atoms with Crippen LogP contribution in [0.25, 0.3) is 0 Å². The number of nitrogen functional groups attached to an aromatic ring is 1. The zero-order valence-electron chi connectivity index (χ0n) is 11.5. The van der Waals surface area contributed by atoms with E-state index in [1.54, 1.807) is 0 Å². The van der Waals surface area contributed by atoms with Gasteiger partial charge in [-0.15, -0.1) is 4.21 Å². The third-order valence-corrected chi connectivity index (χ3v) is 5.17. The van der Waals surface area contributed by atoms with Crippen LogP contribution in [0.2, 0.25) is 0 Å². The van der Waals surface area contributed by atoms with E-state index in [0.29, 0.717) is 24.3 Å². The molecule has 5 heteroatoms. The molecule has 0 aliphatic carbocycles. The molecule has 0 saturated carbocycles. The maximum Gasteiger partial charge on any atom is 0.120 e. The largest absolute Gasteiger partial charge is 0.491 e. The van der Waals surface area contributed by atoms with Crippen LogP contribution in [-0.2, 0) is 15.0 Å². The first-order valence-electron chi connectivity index (χ1n) is 6.54. The fraction of sp³-hybridized carbons (Fsp3) is 0.571. The quantitative estimate of drug-likeness (QED) is 0.501. The molecule has 0 atom stereocenters. The number of anilines is 1. The van der Waals surface area contributed by atoms with E-state index >= 15 is 0 Å². The first-order valence-corrected chi connectivity index (χ1v) is 8.17. The topological polar surface area (TPSA) is 72.5 Å². The van der Waals surface area contributed by atoms with E-state index in [1.165, 1.54) is 0 Å². The van der Waals surface area contributed by atoms with Gasteiger partial charge in [-0.3, -0.25) is 0 Å². The number of rotatable bonds is 3. The molecule has 0 spiro atoms. The minimum absolute atomic E-state index is 0.249. The summed E-state index contributed by atoms with van der Waals surface area (Å²) >= 11 is 0. The average molecular weight is 284 g/mol. The van der Waals surface area contributed by atoms with Crippen molar-refractivity contribution in [1.82, 2.24) is 0 Å². The van der Waals surface area contributed by atoms with Crippen molar-refractivity contribution in [3.8, 4) is 5.75 Å². The molecule has 19 heavy (non-hydrogen) atoms. The molecule has 0 radical (unpaired) electrons. The van der Waals surface area contributed by atoms with Crippen molar-refractivity contribution in [2.24, 2.45) is 0 Å². The molecule has 1 saturated heterocycles. The molecule has 1 aromatic rings. The Balaban J connectivity index is 2.01. The molecule has 0 bridgehead atoms. The first-order chi connectivity index (χ1) is 8.89. The van der Waals surface area contributed by atoms with Crippen molar-refractivity contribution >= 4 is 16.5 Å². The zero-order valence-corrected chi connectivity index (χ0v) is 12.4. The number of aryl methyl sites for hydroxylation is 2. The van der Waals surface area contributed by atoms with Gasteiger partial charge in [-0.25, -0.2) is 0 Å². The highest BCUT2D eigenvalue weighted by Gasteiger charge is 2.35. The third-order valence-electron chi connectivity index (χ3n) is 3.73. The number of hydrogen-bond acceptors (Lipinski definition) is 4. The first kappa shape index (κ1) is 14.3. The Morgan fingerprint density at radius 1 is 1.32 bits per heavy atom. The van der Waals surface area contributed by atoms with Gasteiger partial charge in [-0.05, 0) is 37.1 Å². The summed E-state index contributed by atoms with van der Waals surface area (Å²) in [5.41, 5.74) is 7.79. The van der Waals surface area contributed by atoms with E-state index in [4.69, 9.17) is 10.5 Å². The summed E-state index contributed by atoms with van der Waals surface area (Å²) in [6, 6.07) is 3.77. The van der Waals surface area contributed by atoms with E-state index in [-0.39, 0.29) is 6.61 Å². The number of benzene rings is 1. The third kappa shape index (κ3) is 3.48. The number of aliphatic hydroxyl groups is 1. The van der Waals surface area contributed by atoms with Crippen molar-refractivity contribution in [3.05, 3.63) is 23.3 Å². The van der Waals surface area contributed by atoms with Gasteiger partial charge in [-0.2, -0.15) is 0 Å². The van der Waals surface area contributed by atoms with E-state index in [2.05, 4.69) is 0 Å². The predicted molar refractivity (Wildman–Crippen MR) is 79.2 cm³/mol. The summed E-state index contributed by atoms with van der Waals surface area (Å²) in [7, 11) is -1.11. The van der Waals surface area contributed by atoms with Gasteiger partial charge in [0, 0.05) is 18.5 Å². The van der Waals surface area contributed by atoms with Crippen LogP contribution < -0.4 is 10.5 Å². The van der Waals surface area contributed by atoms with Crippen LogP contribution in [0.3, 0.4) is 0 Å². The lowest BCUT2D eigenvalue weighted by molar-refractivity contribution is -0.0123. The molecule has 4 nitrogen and oxygen atoms in total. The summed E-state index contributed by atoms with van der Waals surface area (Å²) in [5.74, 6) is 1.91. The van der Waals surface area contributed by atoms with E-state index in [0.717, 1.165) is 22.6 Å². The molecule has 0 aromatic heterocycles. The lowest BCUT2D eigenvalue weighted by atomic mass is 9.98. The summed E-state index contributed by atoms with van der Waals surface area (Å²) in [5, 5.41) is 10.4. The van der Waals surface area contributed by atoms with Gasteiger partial charge in [0.1, 0.15) is 29.5 Å². The van der Waals surface area contributed by atoms with E-state index < -0.39 is 16.4 Å². The number of hydrogen-bond donors (Lipinski definition) is 2. The zero-order chi connectivity index (χ0) is 14.0. The van der Waals surface area contributed by atoms with Crippen LogP contribution >= 0.6 is 0 Å². The van der Waals surface area contributed by atoms with Crippen LogP contribution in [0.5, 0.6) is 5.75 Å². The van der Waals surface area contributed by atoms with Crippen LogP contribution in [0, 0.1) is 13.8 Å². The van der Waals surface area contributed by atoms with Gasteiger partial charge >= 0.3 is 0 Å². The van der Waals surface area contributed by atoms with Crippen molar-refractivity contribution in [2.75, 3.05) is 23.8 Å². The maximum atomic E-state index is 11.3. The summed E-state index contributed by atoms with van der Waals surface area (Å²) < 4.78 is 17.0. The average Bonchev–Trinajstić information content (AvgIpc) is 2.37. The van der Waals surface area contributed by atoms with Gasteiger partial charge in [0.15, 0.2) is 0 Å². The molecular weight excluding hydrogens is 262 g/mol. The Kier molecular flexibility index (Phi) is 4.16. The van der Waals surface area contributed by atoms with Gasteiger partial charge in [-0.1, -0.05) is 0 Å². The molecule has 1 fully saturated rings.